The minimum Gasteiger partial charge on any atom is -0.508 e. The number of hydrogen-bond acceptors (Lipinski definition) is 5. The molecule has 188 valence electrons. The first kappa shape index (κ1) is 27.1. The number of aromatic hydroxyl groups is 1. The number of para-hydroxylation sites is 2. The van der Waals surface area contributed by atoms with E-state index in [0.717, 1.165) is 9.13 Å². The Balaban J connectivity index is 1.65. The number of ether oxygens (including phenoxy) is 1. The quantitative estimate of drug-likeness (QED) is 0.123. The van der Waals surface area contributed by atoms with E-state index in [4.69, 9.17) is 10.5 Å². The SMILES string of the molecule is Cc1ccc(NC(=O)O[C@@H](c2cc(I)ccc2O)[C@@H](C)CC/C=C/C(=O)Nc2ccccc2N)cc1. The van der Waals surface area contributed by atoms with Gasteiger partial charge in [-0.05, 0) is 96.8 Å². The monoisotopic (exact) mass is 599 g/mol. The van der Waals surface area contributed by atoms with Gasteiger partial charge in [0.05, 0.1) is 11.4 Å². The molecule has 0 radical (unpaired) electrons. The fourth-order valence-electron chi connectivity index (χ4n) is 3.63. The number of carbonyl (C=O) groups is 2. The van der Waals surface area contributed by atoms with Crippen LogP contribution < -0.4 is 16.4 Å². The third kappa shape index (κ3) is 8.01. The van der Waals surface area contributed by atoms with Crippen LogP contribution in [0.5, 0.6) is 5.75 Å². The highest BCUT2D eigenvalue weighted by atomic mass is 127. The van der Waals surface area contributed by atoms with Crippen molar-refractivity contribution >= 4 is 51.7 Å². The Bertz CT molecular complexity index is 1230. The van der Waals surface area contributed by atoms with Gasteiger partial charge in [-0.15, -0.1) is 0 Å². The van der Waals surface area contributed by atoms with Gasteiger partial charge in [-0.25, -0.2) is 4.79 Å². The van der Waals surface area contributed by atoms with Crippen molar-refractivity contribution in [3.05, 3.63) is 93.6 Å². The lowest BCUT2D eigenvalue weighted by atomic mass is 9.92. The number of rotatable bonds is 9. The maximum Gasteiger partial charge on any atom is 0.412 e. The van der Waals surface area contributed by atoms with Gasteiger partial charge in [0.2, 0.25) is 5.91 Å². The predicted octanol–water partition coefficient (Wildman–Crippen LogP) is 6.79. The van der Waals surface area contributed by atoms with Gasteiger partial charge in [-0.3, -0.25) is 10.1 Å². The summed E-state index contributed by atoms with van der Waals surface area (Å²) in [5.74, 6) is -0.359. The maximum absolute atomic E-state index is 12.7. The van der Waals surface area contributed by atoms with E-state index in [1.54, 1.807) is 54.6 Å². The molecule has 0 fully saturated rings. The molecule has 0 aromatic heterocycles. The molecule has 0 heterocycles. The summed E-state index contributed by atoms with van der Waals surface area (Å²) in [6, 6.07) is 19.6. The van der Waals surface area contributed by atoms with E-state index in [1.807, 2.05) is 32.0 Å². The number of carbonyl (C=O) groups excluding carboxylic acids is 2. The number of phenolic OH excluding ortho intramolecular Hbond substituents is 1. The number of anilines is 3. The van der Waals surface area contributed by atoms with Gasteiger partial charge in [0.1, 0.15) is 11.9 Å². The summed E-state index contributed by atoms with van der Waals surface area (Å²) in [6.45, 7) is 3.91. The Morgan fingerprint density at radius 2 is 1.81 bits per heavy atom. The molecule has 5 N–H and O–H groups in total. The van der Waals surface area contributed by atoms with Crippen molar-refractivity contribution in [1.82, 2.24) is 0 Å². The third-order valence-corrected chi connectivity index (χ3v) is 6.29. The molecule has 8 heteroatoms. The van der Waals surface area contributed by atoms with Crippen LogP contribution in [0, 0.1) is 16.4 Å². The summed E-state index contributed by atoms with van der Waals surface area (Å²) in [4.78, 5) is 24.9. The van der Waals surface area contributed by atoms with Crippen molar-refractivity contribution in [3.8, 4) is 5.75 Å². The Morgan fingerprint density at radius 1 is 1.08 bits per heavy atom. The summed E-state index contributed by atoms with van der Waals surface area (Å²) in [5, 5.41) is 16.0. The number of benzene rings is 3. The van der Waals surface area contributed by atoms with Gasteiger partial charge in [-0.1, -0.05) is 42.8 Å². The van der Waals surface area contributed by atoms with E-state index in [1.165, 1.54) is 6.08 Å². The van der Waals surface area contributed by atoms with Crippen LogP contribution in [0.3, 0.4) is 0 Å². The molecule has 0 aliphatic carbocycles. The van der Waals surface area contributed by atoms with E-state index in [9.17, 15) is 14.7 Å². The smallest absolute Gasteiger partial charge is 0.412 e. The number of phenols is 1. The second kappa shape index (κ2) is 13.0. The van der Waals surface area contributed by atoms with Crippen LogP contribution in [0.4, 0.5) is 21.9 Å². The summed E-state index contributed by atoms with van der Waals surface area (Å²) in [7, 11) is 0. The average Bonchev–Trinajstić information content (AvgIpc) is 2.85. The van der Waals surface area contributed by atoms with Gasteiger partial charge in [0.25, 0.3) is 0 Å². The molecule has 2 amide bonds. The number of nitrogen functional groups attached to an aromatic ring is 1. The first-order valence-corrected chi connectivity index (χ1v) is 12.7. The third-order valence-electron chi connectivity index (χ3n) is 5.62. The Labute approximate surface area is 224 Å². The molecule has 3 rings (SSSR count). The topological polar surface area (TPSA) is 114 Å². The van der Waals surface area contributed by atoms with E-state index < -0.39 is 12.2 Å². The highest BCUT2D eigenvalue weighted by molar-refractivity contribution is 14.1. The largest absolute Gasteiger partial charge is 0.508 e. The van der Waals surface area contributed by atoms with Crippen LogP contribution in [0.1, 0.15) is 37.0 Å². The minimum atomic E-state index is -0.684. The maximum atomic E-state index is 12.7. The zero-order chi connectivity index (χ0) is 26.1. The Kier molecular flexibility index (Phi) is 9.75. The van der Waals surface area contributed by atoms with E-state index in [0.29, 0.717) is 35.5 Å². The molecular formula is C28H30IN3O4. The molecule has 0 aliphatic heterocycles. The normalized spacial score (nSPS) is 12.6. The number of hydrogen-bond donors (Lipinski definition) is 4. The van der Waals surface area contributed by atoms with E-state index in [-0.39, 0.29) is 17.6 Å². The standard InChI is InChI=1S/C28H30IN3O4/c1-18-11-14-21(15-12-18)31-28(35)36-27(22-17-20(29)13-16-25(22)33)19(2)7-3-6-10-26(34)32-24-9-5-4-8-23(24)30/h4-6,8-17,19,27,33H,3,7,30H2,1-2H3,(H,31,35)(H,32,34)/b10-6+/t19-,27+/m0/s1. The number of allylic oxidation sites excluding steroid dienone is 1. The molecule has 0 aliphatic rings. The number of halogens is 1. The van der Waals surface area contributed by atoms with Crippen LogP contribution in [-0.4, -0.2) is 17.1 Å². The van der Waals surface area contributed by atoms with Crippen LogP contribution in [-0.2, 0) is 9.53 Å². The fraction of sp³-hybridized carbons (Fsp3) is 0.214. The zero-order valence-corrected chi connectivity index (χ0v) is 22.4. The van der Waals surface area contributed by atoms with Crippen molar-refractivity contribution < 1.29 is 19.4 Å². The van der Waals surface area contributed by atoms with Gasteiger partial charge in [-0.2, -0.15) is 0 Å². The lowest BCUT2D eigenvalue weighted by Gasteiger charge is -2.25. The summed E-state index contributed by atoms with van der Waals surface area (Å²) in [6.07, 6.45) is 3.12. The summed E-state index contributed by atoms with van der Waals surface area (Å²) < 4.78 is 6.72. The van der Waals surface area contributed by atoms with Crippen molar-refractivity contribution in [1.29, 1.82) is 0 Å². The van der Waals surface area contributed by atoms with Gasteiger partial charge in [0, 0.05) is 14.8 Å². The number of nitrogens with one attached hydrogen (secondary N) is 2. The Morgan fingerprint density at radius 3 is 2.53 bits per heavy atom. The first-order chi connectivity index (χ1) is 17.2. The molecular weight excluding hydrogens is 569 g/mol. The average molecular weight is 599 g/mol. The number of aryl methyl sites for hydroxylation is 1. The fourth-order valence-corrected chi connectivity index (χ4v) is 4.14. The van der Waals surface area contributed by atoms with Crippen LogP contribution >= 0.6 is 22.6 Å². The van der Waals surface area contributed by atoms with Crippen LogP contribution in [0.2, 0.25) is 0 Å². The highest BCUT2D eigenvalue weighted by Gasteiger charge is 2.26. The molecule has 0 spiro atoms. The van der Waals surface area contributed by atoms with Crippen molar-refractivity contribution in [3.63, 3.8) is 0 Å². The van der Waals surface area contributed by atoms with Crippen molar-refractivity contribution in [2.45, 2.75) is 32.8 Å². The van der Waals surface area contributed by atoms with Gasteiger partial charge >= 0.3 is 6.09 Å². The summed E-state index contributed by atoms with van der Waals surface area (Å²) in [5.41, 5.74) is 9.16. The molecule has 0 bridgehead atoms. The van der Waals surface area contributed by atoms with Crippen molar-refractivity contribution in [2.75, 3.05) is 16.4 Å². The lowest BCUT2D eigenvalue weighted by molar-refractivity contribution is -0.111. The van der Waals surface area contributed by atoms with Gasteiger partial charge in [0.15, 0.2) is 0 Å². The van der Waals surface area contributed by atoms with E-state index in [2.05, 4.69) is 33.2 Å². The number of amides is 2. The zero-order valence-electron chi connectivity index (χ0n) is 20.2. The first-order valence-electron chi connectivity index (χ1n) is 11.6. The van der Waals surface area contributed by atoms with E-state index >= 15 is 0 Å². The molecule has 0 saturated carbocycles. The Hall–Kier alpha value is -3.53. The van der Waals surface area contributed by atoms with Crippen molar-refractivity contribution in [2.24, 2.45) is 5.92 Å². The molecule has 0 saturated heterocycles. The second-order valence-corrected chi connectivity index (χ2v) is 9.80. The second-order valence-electron chi connectivity index (χ2n) is 8.55. The molecule has 3 aromatic carbocycles. The molecule has 7 nitrogen and oxygen atoms in total. The molecule has 36 heavy (non-hydrogen) atoms. The van der Waals surface area contributed by atoms with Crippen LogP contribution in [0.25, 0.3) is 0 Å². The number of nitrogens with two attached hydrogens (primary N) is 1. The molecule has 0 unspecified atom stereocenters. The molecule has 3 aromatic rings. The highest BCUT2D eigenvalue weighted by Crippen LogP contribution is 2.36. The molecule has 2 atom stereocenters. The minimum absolute atomic E-state index is 0.0609. The van der Waals surface area contributed by atoms with Gasteiger partial charge < -0.3 is 20.9 Å². The summed E-state index contributed by atoms with van der Waals surface area (Å²) >= 11 is 2.16. The van der Waals surface area contributed by atoms with Crippen LogP contribution in [0.15, 0.2) is 78.9 Å². The lowest BCUT2D eigenvalue weighted by Crippen LogP contribution is -2.22. The predicted molar refractivity (Wildman–Crippen MR) is 152 cm³/mol.